The average molecular weight is 398 g/mol. The summed E-state index contributed by atoms with van der Waals surface area (Å²) in [7, 11) is 6.00. The van der Waals surface area contributed by atoms with Gasteiger partial charge in [-0.15, -0.1) is 0 Å². The Labute approximate surface area is 175 Å². The van der Waals surface area contributed by atoms with Gasteiger partial charge in [0, 0.05) is 26.7 Å². The highest BCUT2D eigenvalue weighted by Gasteiger charge is 2.24. The fourth-order valence-electron chi connectivity index (χ4n) is 3.92. The SMILES string of the molecule is CN=C(NCc1cccc(CN(C)C)c1)NCC(c1ccco1)N1CCCCC1. The molecule has 0 radical (unpaired) electrons. The van der Waals surface area contributed by atoms with Gasteiger partial charge in [0.25, 0.3) is 0 Å². The van der Waals surface area contributed by atoms with Gasteiger partial charge in [0.1, 0.15) is 5.76 Å². The minimum Gasteiger partial charge on any atom is -0.468 e. The van der Waals surface area contributed by atoms with Crippen molar-refractivity contribution in [3.63, 3.8) is 0 Å². The third-order valence-electron chi connectivity index (χ3n) is 5.34. The second-order valence-corrected chi connectivity index (χ2v) is 7.99. The van der Waals surface area contributed by atoms with Crippen LogP contribution in [0.2, 0.25) is 0 Å². The largest absolute Gasteiger partial charge is 0.468 e. The van der Waals surface area contributed by atoms with Gasteiger partial charge in [-0.2, -0.15) is 0 Å². The van der Waals surface area contributed by atoms with Gasteiger partial charge < -0.3 is 20.0 Å². The van der Waals surface area contributed by atoms with Crippen LogP contribution < -0.4 is 10.6 Å². The van der Waals surface area contributed by atoms with Gasteiger partial charge in [-0.3, -0.25) is 9.89 Å². The van der Waals surface area contributed by atoms with Crippen molar-refractivity contribution in [2.75, 3.05) is 40.8 Å². The molecule has 1 aromatic heterocycles. The van der Waals surface area contributed by atoms with Crippen LogP contribution in [0.4, 0.5) is 0 Å². The number of furan rings is 1. The summed E-state index contributed by atoms with van der Waals surface area (Å²) in [5.74, 6) is 1.84. The van der Waals surface area contributed by atoms with E-state index in [0.717, 1.165) is 44.4 Å². The molecule has 2 aromatic rings. The molecule has 3 rings (SSSR count). The van der Waals surface area contributed by atoms with Crippen molar-refractivity contribution in [3.05, 3.63) is 59.5 Å². The summed E-state index contributed by atoms with van der Waals surface area (Å²) in [6.07, 6.45) is 5.60. The molecule has 2 heterocycles. The first-order chi connectivity index (χ1) is 14.2. The second-order valence-electron chi connectivity index (χ2n) is 7.99. The van der Waals surface area contributed by atoms with E-state index in [1.54, 1.807) is 6.26 Å². The fourth-order valence-corrected chi connectivity index (χ4v) is 3.92. The molecule has 0 saturated carbocycles. The lowest BCUT2D eigenvalue weighted by Crippen LogP contribution is -2.44. The van der Waals surface area contributed by atoms with E-state index in [1.165, 1.54) is 30.4 Å². The van der Waals surface area contributed by atoms with Crippen molar-refractivity contribution in [2.45, 2.75) is 38.4 Å². The molecule has 1 unspecified atom stereocenters. The van der Waals surface area contributed by atoms with Crippen molar-refractivity contribution in [1.82, 2.24) is 20.4 Å². The summed E-state index contributed by atoms with van der Waals surface area (Å²) >= 11 is 0. The molecule has 1 aliphatic heterocycles. The molecule has 0 bridgehead atoms. The van der Waals surface area contributed by atoms with E-state index in [1.807, 2.05) is 13.1 Å². The predicted octanol–water partition coefficient (Wildman–Crippen LogP) is 3.23. The van der Waals surface area contributed by atoms with E-state index in [4.69, 9.17) is 4.42 Å². The van der Waals surface area contributed by atoms with Gasteiger partial charge in [0.15, 0.2) is 5.96 Å². The number of hydrogen-bond donors (Lipinski definition) is 2. The number of rotatable bonds is 8. The standard InChI is InChI=1S/C23H35N5O/c1-24-23(25-16-19-9-7-10-20(15-19)18-27(2)3)26-17-21(22-11-8-14-29-22)28-12-5-4-6-13-28/h7-11,14-15,21H,4-6,12-13,16-18H2,1-3H3,(H2,24,25,26). The summed E-state index contributed by atoms with van der Waals surface area (Å²) < 4.78 is 5.74. The van der Waals surface area contributed by atoms with Crippen molar-refractivity contribution in [2.24, 2.45) is 4.99 Å². The van der Waals surface area contributed by atoms with Crippen molar-refractivity contribution in [3.8, 4) is 0 Å². The molecule has 1 fully saturated rings. The normalized spacial score (nSPS) is 16.8. The van der Waals surface area contributed by atoms with Gasteiger partial charge in [-0.1, -0.05) is 30.7 Å². The first-order valence-corrected chi connectivity index (χ1v) is 10.6. The monoisotopic (exact) mass is 397 g/mol. The molecule has 1 atom stereocenters. The maximum Gasteiger partial charge on any atom is 0.191 e. The van der Waals surface area contributed by atoms with E-state index in [0.29, 0.717) is 0 Å². The minimum absolute atomic E-state index is 0.229. The van der Waals surface area contributed by atoms with Crippen LogP contribution in [0, 0.1) is 0 Å². The van der Waals surface area contributed by atoms with Gasteiger partial charge in [-0.25, -0.2) is 0 Å². The van der Waals surface area contributed by atoms with Crippen LogP contribution in [-0.2, 0) is 13.1 Å². The Balaban J connectivity index is 1.56. The number of hydrogen-bond acceptors (Lipinski definition) is 4. The zero-order chi connectivity index (χ0) is 20.5. The van der Waals surface area contributed by atoms with E-state index in [2.05, 4.69) is 69.9 Å². The average Bonchev–Trinajstić information content (AvgIpc) is 3.25. The first-order valence-electron chi connectivity index (χ1n) is 10.6. The maximum atomic E-state index is 5.74. The molecule has 158 valence electrons. The summed E-state index contributed by atoms with van der Waals surface area (Å²) in [6.45, 7) is 4.71. The van der Waals surface area contributed by atoms with Crippen LogP contribution in [0.1, 0.15) is 42.2 Å². The van der Waals surface area contributed by atoms with Gasteiger partial charge >= 0.3 is 0 Å². The summed E-state index contributed by atoms with van der Waals surface area (Å²) in [5, 5.41) is 6.95. The van der Waals surface area contributed by atoms with Crippen LogP contribution in [0.3, 0.4) is 0 Å². The second kappa shape index (κ2) is 11.0. The Bertz CT molecular complexity index is 750. The molecule has 0 aliphatic carbocycles. The molecule has 0 spiro atoms. The number of likely N-dealkylation sites (tertiary alicyclic amines) is 1. The molecule has 0 amide bonds. The van der Waals surface area contributed by atoms with Crippen LogP contribution in [0.25, 0.3) is 0 Å². The Hall–Kier alpha value is -2.31. The minimum atomic E-state index is 0.229. The highest BCUT2D eigenvalue weighted by molar-refractivity contribution is 5.79. The molecule has 1 saturated heterocycles. The lowest BCUT2D eigenvalue weighted by Gasteiger charge is -2.33. The first kappa shape index (κ1) is 21.4. The molecule has 2 N–H and O–H groups in total. The lowest BCUT2D eigenvalue weighted by atomic mass is 10.1. The molecule has 1 aliphatic rings. The third-order valence-corrected chi connectivity index (χ3v) is 5.34. The summed E-state index contributed by atoms with van der Waals surface area (Å²) in [4.78, 5) is 9.11. The molecular weight excluding hydrogens is 362 g/mol. The third kappa shape index (κ3) is 6.61. The van der Waals surface area contributed by atoms with E-state index < -0.39 is 0 Å². The zero-order valence-corrected chi connectivity index (χ0v) is 18.0. The lowest BCUT2D eigenvalue weighted by molar-refractivity contribution is 0.146. The molecular formula is C23H35N5O. The Morgan fingerprint density at radius 2 is 1.90 bits per heavy atom. The van der Waals surface area contributed by atoms with Crippen molar-refractivity contribution in [1.29, 1.82) is 0 Å². The maximum absolute atomic E-state index is 5.74. The zero-order valence-electron chi connectivity index (χ0n) is 18.0. The number of aliphatic imine (C=N–C) groups is 1. The van der Waals surface area contributed by atoms with Crippen molar-refractivity contribution < 1.29 is 4.42 Å². The molecule has 6 nitrogen and oxygen atoms in total. The summed E-state index contributed by atoms with van der Waals surface area (Å²) in [5.41, 5.74) is 2.58. The number of piperidine rings is 1. The van der Waals surface area contributed by atoms with Crippen LogP contribution in [0.15, 0.2) is 52.1 Å². The molecule has 1 aromatic carbocycles. The molecule has 29 heavy (non-hydrogen) atoms. The summed E-state index contributed by atoms with van der Waals surface area (Å²) in [6, 6.07) is 13.0. The van der Waals surface area contributed by atoms with E-state index in [9.17, 15) is 0 Å². The Kier molecular flexibility index (Phi) is 8.14. The van der Waals surface area contributed by atoms with E-state index in [-0.39, 0.29) is 6.04 Å². The quantitative estimate of drug-likeness (QED) is 0.529. The highest BCUT2D eigenvalue weighted by atomic mass is 16.3. The fraction of sp³-hybridized carbons (Fsp3) is 0.522. The highest BCUT2D eigenvalue weighted by Crippen LogP contribution is 2.24. The van der Waals surface area contributed by atoms with Crippen LogP contribution in [-0.4, -0.2) is 56.5 Å². The number of guanidine groups is 1. The number of benzene rings is 1. The van der Waals surface area contributed by atoms with Crippen molar-refractivity contribution >= 4 is 5.96 Å². The van der Waals surface area contributed by atoms with Gasteiger partial charge in [0.2, 0.25) is 0 Å². The Morgan fingerprint density at radius 3 is 2.59 bits per heavy atom. The van der Waals surface area contributed by atoms with Gasteiger partial charge in [0.05, 0.1) is 12.3 Å². The van der Waals surface area contributed by atoms with Gasteiger partial charge in [-0.05, 0) is 63.3 Å². The molecule has 6 heteroatoms. The van der Waals surface area contributed by atoms with Crippen LogP contribution >= 0.6 is 0 Å². The topological polar surface area (TPSA) is 56.0 Å². The number of nitrogens with one attached hydrogen (secondary N) is 2. The van der Waals surface area contributed by atoms with E-state index >= 15 is 0 Å². The Morgan fingerprint density at radius 1 is 1.10 bits per heavy atom. The predicted molar refractivity (Wildman–Crippen MR) is 119 cm³/mol. The number of nitrogens with zero attached hydrogens (tertiary/aromatic N) is 3. The smallest absolute Gasteiger partial charge is 0.191 e. The van der Waals surface area contributed by atoms with Crippen LogP contribution in [0.5, 0.6) is 0 Å².